The molecular weight excluding hydrogens is 230 g/mol. The van der Waals surface area contributed by atoms with Crippen LogP contribution in [-0.2, 0) is 9.53 Å². The lowest BCUT2D eigenvalue weighted by atomic mass is 10.1. The van der Waals surface area contributed by atoms with Crippen LogP contribution in [0.25, 0.3) is 0 Å². The SMILES string of the molecule is CCC(=O)Nc1cc(Cl)ccc1C(=O)OC. The Labute approximate surface area is 98.5 Å². The highest BCUT2D eigenvalue weighted by atomic mass is 35.5. The molecule has 0 atom stereocenters. The van der Waals surface area contributed by atoms with E-state index < -0.39 is 5.97 Å². The number of methoxy groups -OCH3 is 1. The first-order valence-electron chi connectivity index (χ1n) is 4.76. The van der Waals surface area contributed by atoms with E-state index in [-0.39, 0.29) is 11.5 Å². The molecule has 0 aromatic heterocycles. The summed E-state index contributed by atoms with van der Waals surface area (Å²) in [6.45, 7) is 1.72. The van der Waals surface area contributed by atoms with Crippen molar-refractivity contribution < 1.29 is 14.3 Å². The maximum atomic E-state index is 11.4. The summed E-state index contributed by atoms with van der Waals surface area (Å²) in [6, 6.07) is 4.59. The Kier molecular flexibility index (Phi) is 4.31. The molecule has 4 nitrogen and oxygen atoms in total. The third-order valence-corrected chi connectivity index (χ3v) is 2.22. The minimum absolute atomic E-state index is 0.188. The van der Waals surface area contributed by atoms with Crippen LogP contribution in [0, 0.1) is 0 Å². The number of ether oxygens (including phenoxy) is 1. The van der Waals surface area contributed by atoms with Crippen molar-refractivity contribution in [2.75, 3.05) is 12.4 Å². The summed E-state index contributed by atoms with van der Waals surface area (Å²) in [6.07, 6.45) is 0.327. The number of hydrogen-bond acceptors (Lipinski definition) is 3. The fourth-order valence-electron chi connectivity index (χ4n) is 1.15. The minimum Gasteiger partial charge on any atom is -0.465 e. The molecule has 0 unspecified atom stereocenters. The number of benzene rings is 1. The number of halogens is 1. The van der Waals surface area contributed by atoms with Crippen molar-refractivity contribution in [3.05, 3.63) is 28.8 Å². The van der Waals surface area contributed by atoms with Crippen molar-refractivity contribution in [3.63, 3.8) is 0 Å². The number of rotatable bonds is 3. The van der Waals surface area contributed by atoms with Gasteiger partial charge in [-0.25, -0.2) is 4.79 Å². The maximum absolute atomic E-state index is 11.4. The number of esters is 1. The van der Waals surface area contributed by atoms with E-state index in [0.29, 0.717) is 17.1 Å². The highest BCUT2D eigenvalue weighted by Gasteiger charge is 2.13. The number of nitrogens with one attached hydrogen (secondary N) is 1. The molecule has 0 radical (unpaired) electrons. The van der Waals surface area contributed by atoms with Gasteiger partial charge >= 0.3 is 5.97 Å². The van der Waals surface area contributed by atoms with Gasteiger partial charge in [-0.2, -0.15) is 0 Å². The molecule has 1 aromatic rings. The highest BCUT2D eigenvalue weighted by molar-refractivity contribution is 6.31. The number of carbonyl (C=O) groups is 2. The first-order valence-corrected chi connectivity index (χ1v) is 5.14. The fraction of sp³-hybridized carbons (Fsp3) is 0.273. The van der Waals surface area contributed by atoms with E-state index >= 15 is 0 Å². The van der Waals surface area contributed by atoms with Crippen LogP contribution in [0.4, 0.5) is 5.69 Å². The Hall–Kier alpha value is -1.55. The molecule has 1 rings (SSSR count). The van der Waals surface area contributed by atoms with Gasteiger partial charge in [0.25, 0.3) is 0 Å². The Morgan fingerprint density at radius 3 is 2.69 bits per heavy atom. The maximum Gasteiger partial charge on any atom is 0.339 e. The van der Waals surface area contributed by atoms with Gasteiger partial charge in [0.1, 0.15) is 0 Å². The molecule has 16 heavy (non-hydrogen) atoms. The molecule has 1 aromatic carbocycles. The van der Waals surface area contributed by atoms with E-state index in [1.165, 1.54) is 19.2 Å². The Balaban J connectivity index is 3.08. The van der Waals surface area contributed by atoms with Crippen LogP contribution in [0.5, 0.6) is 0 Å². The zero-order valence-electron chi connectivity index (χ0n) is 9.04. The molecule has 0 spiro atoms. The van der Waals surface area contributed by atoms with E-state index in [2.05, 4.69) is 10.1 Å². The van der Waals surface area contributed by atoms with Crippen molar-refractivity contribution in [3.8, 4) is 0 Å². The molecular formula is C11H12ClNO3. The summed E-state index contributed by atoms with van der Waals surface area (Å²) < 4.78 is 4.60. The van der Waals surface area contributed by atoms with Crippen molar-refractivity contribution >= 4 is 29.2 Å². The molecule has 0 saturated heterocycles. The van der Waals surface area contributed by atoms with E-state index in [1.807, 2.05) is 0 Å². The van der Waals surface area contributed by atoms with Gasteiger partial charge in [-0.15, -0.1) is 0 Å². The topological polar surface area (TPSA) is 55.4 Å². The van der Waals surface area contributed by atoms with Crippen LogP contribution >= 0.6 is 11.6 Å². The normalized spacial score (nSPS) is 9.69. The van der Waals surface area contributed by atoms with Crippen molar-refractivity contribution in [1.82, 2.24) is 0 Å². The third-order valence-electron chi connectivity index (χ3n) is 1.98. The molecule has 0 heterocycles. The molecule has 0 bridgehead atoms. The van der Waals surface area contributed by atoms with Crippen LogP contribution in [0.2, 0.25) is 5.02 Å². The monoisotopic (exact) mass is 241 g/mol. The Bertz CT molecular complexity index is 418. The number of hydrogen-bond donors (Lipinski definition) is 1. The zero-order chi connectivity index (χ0) is 12.1. The summed E-state index contributed by atoms with van der Waals surface area (Å²) in [5.74, 6) is -0.699. The Morgan fingerprint density at radius 1 is 1.44 bits per heavy atom. The zero-order valence-corrected chi connectivity index (χ0v) is 9.80. The highest BCUT2D eigenvalue weighted by Crippen LogP contribution is 2.22. The number of anilines is 1. The third kappa shape index (κ3) is 2.97. The van der Waals surface area contributed by atoms with E-state index in [9.17, 15) is 9.59 Å². The van der Waals surface area contributed by atoms with Gasteiger partial charge in [-0.05, 0) is 18.2 Å². The van der Waals surface area contributed by atoms with E-state index in [1.54, 1.807) is 13.0 Å². The lowest BCUT2D eigenvalue weighted by Gasteiger charge is -2.09. The molecule has 5 heteroatoms. The molecule has 0 aliphatic carbocycles. The average molecular weight is 242 g/mol. The lowest BCUT2D eigenvalue weighted by molar-refractivity contribution is -0.115. The smallest absolute Gasteiger partial charge is 0.339 e. The summed E-state index contributed by atoms with van der Waals surface area (Å²) >= 11 is 5.79. The van der Waals surface area contributed by atoms with Gasteiger partial charge < -0.3 is 10.1 Å². The van der Waals surface area contributed by atoms with Crippen LogP contribution < -0.4 is 5.32 Å². The van der Waals surface area contributed by atoms with Gasteiger partial charge in [0.15, 0.2) is 0 Å². The molecule has 0 aliphatic rings. The van der Waals surface area contributed by atoms with Gasteiger partial charge in [-0.3, -0.25) is 4.79 Å². The minimum atomic E-state index is -0.511. The van der Waals surface area contributed by atoms with Crippen molar-refractivity contribution in [1.29, 1.82) is 0 Å². The fourth-order valence-corrected chi connectivity index (χ4v) is 1.32. The molecule has 0 aliphatic heterocycles. The second-order valence-corrected chi connectivity index (χ2v) is 3.52. The predicted octanol–water partition coefficient (Wildman–Crippen LogP) is 2.48. The van der Waals surface area contributed by atoms with Crippen molar-refractivity contribution in [2.45, 2.75) is 13.3 Å². The van der Waals surface area contributed by atoms with Gasteiger partial charge in [0.05, 0.1) is 18.4 Å². The molecule has 86 valence electrons. The summed E-state index contributed by atoms with van der Waals surface area (Å²) in [5, 5.41) is 3.04. The second-order valence-electron chi connectivity index (χ2n) is 3.08. The lowest BCUT2D eigenvalue weighted by Crippen LogP contribution is -2.13. The first-order chi connectivity index (χ1) is 7.58. The average Bonchev–Trinajstić information content (AvgIpc) is 2.28. The van der Waals surface area contributed by atoms with Crippen LogP contribution in [0.15, 0.2) is 18.2 Å². The largest absolute Gasteiger partial charge is 0.465 e. The van der Waals surface area contributed by atoms with Gasteiger partial charge in [0, 0.05) is 11.4 Å². The number of carbonyl (C=O) groups excluding carboxylic acids is 2. The summed E-state index contributed by atoms with van der Waals surface area (Å²) in [5.41, 5.74) is 0.653. The van der Waals surface area contributed by atoms with Crippen LogP contribution in [0.3, 0.4) is 0 Å². The Morgan fingerprint density at radius 2 is 2.12 bits per heavy atom. The molecule has 0 saturated carbocycles. The second kappa shape index (κ2) is 5.51. The van der Waals surface area contributed by atoms with Crippen LogP contribution in [0.1, 0.15) is 23.7 Å². The van der Waals surface area contributed by atoms with E-state index in [4.69, 9.17) is 11.6 Å². The standard InChI is InChI=1S/C11H12ClNO3/c1-3-10(14)13-9-6-7(12)4-5-8(9)11(15)16-2/h4-6H,3H2,1-2H3,(H,13,14). The van der Waals surface area contributed by atoms with E-state index in [0.717, 1.165) is 0 Å². The predicted molar refractivity (Wildman–Crippen MR) is 61.7 cm³/mol. The first kappa shape index (κ1) is 12.5. The summed E-state index contributed by atoms with van der Waals surface area (Å²) in [7, 11) is 1.28. The molecule has 0 fully saturated rings. The molecule has 1 N–H and O–H groups in total. The van der Waals surface area contributed by atoms with Crippen LogP contribution in [-0.4, -0.2) is 19.0 Å². The number of amides is 1. The molecule has 1 amide bonds. The quantitative estimate of drug-likeness (QED) is 0.827. The van der Waals surface area contributed by atoms with Gasteiger partial charge in [0.2, 0.25) is 5.91 Å². The summed E-state index contributed by atoms with van der Waals surface area (Å²) in [4.78, 5) is 22.6. The van der Waals surface area contributed by atoms with Crippen molar-refractivity contribution in [2.24, 2.45) is 0 Å². The van der Waals surface area contributed by atoms with Gasteiger partial charge in [-0.1, -0.05) is 18.5 Å².